The minimum atomic E-state index is 0.156. The van der Waals surface area contributed by atoms with E-state index >= 15 is 0 Å². The summed E-state index contributed by atoms with van der Waals surface area (Å²) in [6.45, 7) is 1.02. The fourth-order valence-corrected chi connectivity index (χ4v) is 0.995. The van der Waals surface area contributed by atoms with E-state index in [1.807, 2.05) is 0 Å². The lowest BCUT2D eigenvalue weighted by atomic mass is 10.1. The van der Waals surface area contributed by atoms with Crippen molar-refractivity contribution in [2.45, 2.75) is 25.3 Å². The van der Waals surface area contributed by atoms with E-state index in [-0.39, 0.29) is 6.04 Å². The molecule has 0 aromatic rings. The van der Waals surface area contributed by atoms with Gasteiger partial charge < -0.3 is 10.1 Å². The third-order valence-corrected chi connectivity index (χ3v) is 1.51. The summed E-state index contributed by atoms with van der Waals surface area (Å²) in [6.07, 6.45) is 4.46. The van der Waals surface area contributed by atoms with Crippen LogP contribution in [0.4, 0.5) is 0 Å². The molecule has 1 heterocycles. The van der Waals surface area contributed by atoms with E-state index in [9.17, 15) is 4.79 Å². The van der Waals surface area contributed by atoms with Crippen molar-refractivity contribution < 1.29 is 4.79 Å². The van der Waals surface area contributed by atoms with Crippen molar-refractivity contribution in [3.8, 4) is 0 Å². The van der Waals surface area contributed by atoms with Crippen LogP contribution in [-0.4, -0.2) is 18.9 Å². The topological polar surface area (TPSA) is 29.1 Å². The highest BCUT2D eigenvalue weighted by Crippen LogP contribution is 2.03. The Morgan fingerprint density at radius 3 is 2.75 bits per heavy atom. The molecule has 8 heavy (non-hydrogen) atoms. The lowest BCUT2D eigenvalue weighted by Gasteiger charge is -2.17. The highest BCUT2D eigenvalue weighted by Gasteiger charge is 2.09. The Bertz CT molecular complexity index is 76.6. The van der Waals surface area contributed by atoms with E-state index in [1.54, 1.807) is 0 Å². The first-order chi connectivity index (χ1) is 3.93. The molecule has 1 saturated heterocycles. The molecule has 2 heteroatoms. The summed E-state index contributed by atoms with van der Waals surface area (Å²) >= 11 is 0. The molecule has 0 amide bonds. The molecule has 0 aromatic carbocycles. The van der Waals surface area contributed by atoms with E-state index in [1.165, 1.54) is 12.8 Å². The van der Waals surface area contributed by atoms with Crippen molar-refractivity contribution in [2.24, 2.45) is 0 Å². The molecule has 1 fully saturated rings. The van der Waals surface area contributed by atoms with Gasteiger partial charge in [-0.25, -0.2) is 0 Å². The van der Waals surface area contributed by atoms with Gasteiger partial charge >= 0.3 is 0 Å². The Morgan fingerprint density at radius 1 is 1.50 bits per heavy atom. The Morgan fingerprint density at radius 2 is 2.38 bits per heavy atom. The number of nitrogens with one attached hydrogen (secondary N) is 1. The van der Waals surface area contributed by atoms with Crippen LogP contribution in [-0.2, 0) is 4.79 Å². The summed E-state index contributed by atoms with van der Waals surface area (Å²) in [5, 5.41) is 3.10. The molecule has 0 unspecified atom stereocenters. The monoisotopic (exact) mass is 113 g/mol. The van der Waals surface area contributed by atoms with Crippen molar-refractivity contribution in [3.05, 3.63) is 0 Å². The van der Waals surface area contributed by atoms with Gasteiger partial charge in [-0.2, -0.15) is 0 Å². The zero-order valence-corrected chi connectivity index (χ0v) is 4.89. The van der Waals surface area contributed by atoms with E-state index in [0.717, 1.165) is 19.3 Å². The van der Waals surface area contributed by atoms with Gasteiger partial charge in [0, 0.05) is 0 Å². The van der Waals surface area contributed by atoms with Crippen LogP contribution in [0.1, 0.15) is 19.3 Å². The lowest BCUT2D eigenvalue weighted by molar-refractivity contribution is -0.110. The molecule has 46 valence electrons. The van der Waals surface area contributed by atoms with Crippen LogP contribution in [0, 0.1) is 0 Å². The summed E-state index contributed by atoms with van der Waals surface area (Å²) in [4.78, 5) is 10.1. The fraction of sp³-hybridized carbons (Fsp3) is 0.833. The summed E-state index contributed by atoms with van der Waals surface area (Å²) in [5.74, 6) is 0. The third-order valence-electron chi connectivity index (χ3n) is 1.51. The molecule has 0 spiro atoms. The van der Waals surface area contributed by atoms with Crippen LogP contribution >= 0.6 is 0 Å². The summed E-state index contributed by atoms with van der Waals surface area (Å²) in [5.41, 5.74) is 0. The second-order valence-electron chi connectivity index (χ2n) is 2.19. The number of carbonyl (C=O) groups is 1. The summed E-state index contributed by atoms with van der Waals surface area (Å²) in [6, 6.07) is 0.156. The largest absolute Gasteiger partial charge is 0.308 e. The highest BCUT2D eigenvalue weighted by atomic mass is 16.1. The zero-order chi connectivity index (χ0) is 5.82. The Labute approximate surface area is 49.3 Å². The highest BCUT2D eigenvalue weighted by molar-refractivity contribution is 5.57. The van der Waals surface area contributed by atoms with E-state index in [2.05, 4.69) is 5.32 Å². The van der Waals surface area contributed by atoms with Gasteiger partial charge in [-0.05, 0) is 19.4 Å². The molecule has 0 saturated carbocycles. The van der Waals surface area contributed by atoms with Crippen molar-refractivity contribution >= 4 is 6.29 Å². The molecule has 0 aliphatic carbocycles. The number of aldehydes is 1. The van der Waals surface area contributed by atoms with Gasteiger partial charge in [0.05, 0.1) is 6.04 Å². The Hall–Kier alpha value is -0.370. The number of hydrogen-bond donors (Lipinski definition) is 1. The molecule has 2 nitrogen and oxygen atoms in total. The predicted octanol–water partition coefficient (Wildman–Crippen LogP) is 0.327. The maximum atomic E-state index is 10.1. The van der Waals surface area contributed by atoms with Crippen LogP contribution < -0.4 is 5.32 Å². The minimum absolute atomic E-state index is 0.156. The van der Waals surface area contributed by atoms with Crippen molar-refractivity contribution in [1.29, 1.82) is 0 Å². The predicted molar refractivity (Wildman–Crippen MR) is 31.7 cm³/mol. The van der Waals surface area contributed by atoms with E-state index in [0.29, 0.717) is 0 Å². The van der Waals surface area contributed by atoms with Crippen LogP contribution in [0.5, 0.6) is 0 Å². The second kappa shape index (κ2) is 2.82. The average molecular weight is 113 g/mol. The Kier molecular flexibility index (Phi) is 2.03. The third kappa shape index (κ3) is 1.30. The molecular weight excluding hydrogens is 102 g/mol. The normalized spacial score (nSPS) is 29.8. The number of hydrogen-bond acceptors (Lipinski definition) is 2. The SMILES string of the molecule is O=C[C@H]1CCCCN1. The molecule has 1 atom stereocenters. The Balaban J connectivity index is 2.22. The van der Waals surface area contributed by atoms with Crippen LogP contribution in [0.3, 0.4) is 0 Å². The van der Waals surface area contributed by atoms with Gasteiger partial charge in [0.15, 0.2) is 0 Å². The molecule has 1 N–H and O–H groups in total. The first-order valence-corrected chi connectivity index (χ1v) is 3.12. The lowest BCUT2D eigenvalue weighted by Crippen LogP contribution is -2.34. The van der Waals surface area contributed by atoms with Crippen molar-refractivity contribution in [3.63, 3.8) is 0 Å². The van der Waals surface area contributed by atoms with Crippen molar-refractivity contribution in [1.82, 2.24) is 5.32 Å². The first-order valence-electron chi connectivity index (χ1n) is 3.12. The van der Waals surface area contributed by atoms with Gasteiger partial charge in [-0.15, -0.1) is 0 Å². The van der Waals surface area contributed by atoms with Gasteiger partial charge in [0.2, 0.25) is 0 Å². The molecule has 1 rings (SSSR count). The number of rotatable bonds is 1. The van der Waals surface area contributed by atoms with Crippen LogP contribution in [0.25, 0.3) is 0 Å². The number of piperidine rings is 1. The van der Waals surface area contributed by atoms with E-state index in [4.69, 9.17) is 0 Å². The average Bonchev–Trinajstić information content (AvgIpc) is 1.90. The second-order valence-corrected chi connectivity index (χ2v) is 2.19. The van der Waals surface area contributed by atoms with Crippen molar-refractivity contribution in [2.75, 3.05) is 6.54 Å². The maximum absolute atomic E-state index is 10.1. The smallest absolute Gasteiger partial charge is 0.136 e. The molecule has 0 radical (unpaired) electrons. The zero-order valence-electron chi connectivity index (χ0n) is 4.89. The van der Waals surface area contributed by atoms with Crippen LogP contribution in [0.2, 0.25) is 0 Å². The minimum Gasteiger partial charge on any atom is -0.308 e. The summed E-state index contributed by atoms with van der Waals surface area (Å²) in [7, 11) is 0. The number of carbonyl (C=O) groups excluding carboxylic acids is 1. The van der Waals surface area contributed by atoms with Gasteiger partial charge in [-0.3, -0.25) is 0 Å². The maximum Gasteiger partial charge on any atom is 0.136 e. The molecular formula is C6H11NO. The van der Waals surface area contributed by atoms with Gasteiger partial charge in [0.25, 0.3) is 0 Å². The standard InChI is InChI=1S/C6H11NO/c8-5-6-3-1-2-4-7-6/h5-7H,1-4H2/t6-/m1/s1. The first kappa shape index (κ1) is 5.76. The molecule has 1 aliphatic rings. The fourth-order valence-electron chi connectivity index (χ4n) is 0.995. The van der Waals surface area contributed by atoms with Gasteiger partial charge in [-0.1, -0.05) is 6.42 Å². The molecule has 0 aromatic heterocycles. The quantitative estimate of drug-likeness (QED) is 0.496. The summed E-state index contributed by atoms with van der Waals surface area (Å²) < 4.78 is 0. The molecule has 1 aliphatic heterocycles. The van der Waals surface area contributed by atoms with Crippen LogP contribution in [0.15, 0.2) is 0 Å². The van der Waals surface area contributed by atoms with E-state index < -0.39 is 0 Å². The van der Waals surface area contributed by atoms with Gasteiger partial charge in [0.1, 0.15) is 6.29 Å². The molecule has 0 bridgehead atoms.